The number of hydrogen-bond donors (Lipinski definition) is 1. The summed E-state index contributed by atoms with van der Waals surface area (Å²) in [6.07, 6.45) is 0. The molecule has 12 heavy (non-hydrogen) atoms. The minimum Gasteiger partial charge on any atom is -0.497 e. The standard InChI is InChI=1S/C10H10OS/c1-8-5-9(3-4-12)7-10(6-8)11-2/h5-7,12H,1-2H3. The van der Waals surface area contributed by atoms with E-state index in [1.807, 2.05) is 25.1 Å². The second-order valence-electron chi connectivity index (χ2n) is 2.48. The van der Waals surface area contributed by atoms with Gasteiger partial charge in [-0.25, -0.2) is 0 Å². The molecule has 0 amide bonds. The Balaban J connectivity index is 3.12. The van der Waals surface area contributed by atoms with Crippen molar-refractivity contribution in [2.75, 3.05) is 7.11 Å². The van der Waals surface area contributed by atoms with Crippen molar-refractivity contribution in [2.45, 2.75) is 6.92 Å². The molecule has 0 spiro atoms. The van der Waals surface area contributed by atoms with E-state index in [0.717, 1.165) is 16.9 Å². The molecule has 0 radical (unpaired) electrons. The largest absolute Gasteiger partial charge is 0.497 e. The van der Waals surface area contributed by atoms with Gasteiger partial charge in [0.2, 0.25) is 0 Å². The highest BCUT2D eigenvalue weighted by Crippen LogP contribution is 2.15. The van der Waals surface area contributed by atoms with Crippen LogP contribution in [0.2, 0.25) is 0 Å². The molecule has 0 aromatic heterocycles. The fourth-order valence-electron chi connectivity index (χ4n) is 1.00. The number of methoxy groups -OCH3 is 1. The van der Waals surface area contributed by atoms with E-state index in [1.54, 1.807) is 7.11 Å². The van der Waals surface area contributed by atoms with Crippen LogP contribution in [0.15, 0.2) is 18.2 Å². The summed E-state index contributed by atoms with van der Waals surface area (Å²) in [4.78, 5) is 0. The Labute approximate surface area is 78.2 Å². The molecule has 0 saturated carbocycles. The molecule has 1 nitrogen and oxygen atoms in total. The topological polar surface area (TPSA) is 9.23 Å². The number of thiol groups is 1. The van der Waals surface area contributed by atoms with Gasteiger partial charge < -0.3 is 4.74 Å². The number of benzene rings is 1. The highest BCUT2D eigenvalue weighted by Gasteiger charge is 1.94. The second kappa shape index (κ2) is 4.08. The lowest BCUT2D eigenvalue weighted by atomic mass is 10.1. The number of rotatable bonds is 1. The zero-order valence-corrected chi connectivity index (χ0v) is 7.98. The van der Waals surface area contributed by atoms with E-state index < -0.39 is 0 Å². The lowest BCUT2D eigenvalue weighted by molar-refractivity contribution is 0.414. The third kappa shape index (κ3) is 2.21. The Hall–Kier alpha value is -1.07. The van der Waals surface area contributed by atoms with Crippen molar-refractivity contribution in [3.63, 3.8) is 0 Å². The molecule has 0 aliphatic heterocycles. The molecule has 1 aromatic rings. The third-order valence-electron chi connectivity index (χ3n) is 1.49. The number of hydrogen-bond acceptors (Lipinski definition) is 2. The van der Waals surface area contributed by atoms with Gasteiger partial charge in [-0.15, -0.1) is 0 Å². The molecule has 1 rings (SSSR count). The molecule has 1 aromatic carbocycles. The smallest absolute Gasteiger partial charge is 0.120 e. The van der Waals surface area contributed by atoms with Gasteiger partial charge in [0.05, 0.1) is 7.11 Å². The van der Waals surface area contributed by atoms with Crippen LogP contribution in [-0.4, -0.2) is 7.11 Å². The predicted molar refractivity (Wildman–Crippen MR) is 53.6 cm³/mol. The Kier molecular flexibility index (Phi) is 3.07. The molecule has 0 saturated heterocycles. The van der Waals surface area contributed by atoms with Crippen molar-refractivity contribution in [3.8, 4) is 16.9 Å². The molecule has 0 bridgehead atoms. The fraction of sp³-hybridized carbons (Fsp3) is 0.200. The molecule has 0 N–H and O–H groups in total. The van der Waals surface area contributed by atoms with Crippen LogP contribution in [-0.2, 0) is 0 Å². The van der Waals surface area contributed by atoms with Gasteiger partial charge in [0.1, 0.15) is 5.75 Å². The summed E-state index contributed by atoms with van der Waals surface area (Å²) in [6.45, 7) is 2.01. The van der Waals surface area contributed by atoms with E-state index >= 15 is 0 Å². The first-order valence-electron chi connectivity index (χ1n) is 3.57. The van der Waals surface area contributed by atoms with E-state index in [2.05, 4.69) is 23.8 Å². The average molecular weight is 178 g/mol. The first kappa shape index (κ1) is 9.02. The zero-order valence-electron chi connectivity index (χ0n) is 7.09. The van der Waals surface area contributed by atoms with Gasteiger partial charge in [0.25, 0.3) is 0 Å². The van der Waals surface area contributed by atoms with E-state index in [9.17, 15) is 0 Å². The fourth-order valence-corrected chi connectivity index (χ4v) is 1.13. The summed E-state index contributed by atoms with van der Waals surface area (Å²) >= 11 is 3.83. The highest BCUT2D eigenvalue weighted by molar-refractivity contribution is 7.85. The van der Waals surface area contributed by atoms with Crippen molar-refractivity contribution in [2.24, 2.45) is 0 Å². The molecule has 0 unspecified atom stereocenters. The van der Waals surface area contributed by atoms with Crippen LogP contribution in [0.1, 0.15) is 11.1 Å². The van der Waals surface area contributed by atoms with Gasteiger partial charge in [-0.1, -0.05) is 18.5 Å². The normalized spacial score (nSPS) is 8.58. The number of aryl methyl sites for hydroxylation is 1. The Bertz CT molecular complexity index is 333. The van der Waals surface area contributed by atoms with Gasteiger partial charge in [-0.05, 0) is 35.9 Å². The first-order valence-corrected chi connectivity index (χ1v) is 4.02. The Morgan fingerprint density at radius 2 is 2.08 bits per heavy atom. The SMILES string of the molecule is COc1cc(C)cc(C#CS)c1. The van der Waals surface area contributed by atoms with E-state index in [-0.39, 0.29) is 0 Å². The lowest BCUT2D eigenvalue weighted by Gasteiger charge is -2.01. The molecular formula is C10H10OS. The summed E-state index contributed by atoms with van der Waals surface area (Å²) in [5.41, 5.74) is 2.07. The third-order valence-corrected chi connectivity index (χ3v) is 1.60. The van der Waals surface area contributed by atoms with Crippen LogP contribution in [0.3, 0.4) is 0 Å². The monoisotopic (exact) mass is 178 g/mol. The van der Waals surface area contributed by atoms with Crippen LogP contribution in [0.4, 0.5) is 0 Å². The highest BCUT2D eigenvalue weighted by atomic mass is 32.1. The first-order chi connectivity index (χ1) is 5.76. The minimum atomic E-state index is 0.834. The van der Waals surface area contributed by atoms with Crippen LogP contribution in [0.5, 0.6) is 5.75 Å². The number of ether oxygens (including phenoxy) is 1. The van der Waals surface area contributed by atoms with Crippen molar-refractivity contribution in [3.05, 3.63) is 29.3 Å². The molecule has 0 fully saturated rings. The maximum atomic E-state index is 5.09. The van der Waals surface area contributed by atoms with Crippen LogP contribution in [0.25, 0.3) is 0 Å². The summed E-state index contributed by atoms with van der Waals surface area (Å²) < 4.78 is 5.09. The van der Waals surface area contributed by atoms with Crippen molar-refractivity contribution < 1.29 is 4.74 Å². The van der Waals surface area contributed by atoms with Crippen LogP contribution < -0.4 is 4.74 Å². The maximum Gasteiger partial charge on any atom is 0.120 e. The summed E-state index contributed by atoms with van der Waals surface area (Å²) in [6, 6.07) is 5.84. The van der Waals surface area contributed by atoms with Gasteiger partial charge >= 0.3 is 0 Å². The quantitative estimate of drug-likeness (QED) is 0.512. The molecule has 62 valence electrons. The molecular weight excluding hydrogens is 168 g/mol. The van der Waals surface area contributed by atoms with Gasteiger partial charge in [-0.3, -0.25) is 0 Å². The minimum absolute atomic E-state index is 0.834. The maximum absolute atomic E-state index is 5.09. The Morgan fingerprint density at radius 3 is 2.67 bits per heavy atom. The summed E-state index contributed by atoms with van der Waals surface area (Å²) in [7, 11) is 1.65. The summed E-state index contributed by atoms with van der Waals surface area (Å²) in [5, 5.41) is 2.55. The van der Waals surface area contributed by atoms with Crippen LogP contribution >= 0.6 is 12.6 Å². The van der Waals surface area contributed by atoms with Gasteiger partial charge in [-0.2, -0.15) is 0 Å². The van der Waals surface area contributed by atoms with E-state index in [0.29, 0.717) is 0 Å². The van der Waals surface area contributed by atoms with Gasteiger partial charge in [0.15, 0.2) is 0 Å². The average Bonchev–Trinajstić information content (AvgIpc) is 2.04. The molecule has 0 atom stereocenters. The van der Waals surface area contributed by atoms with Crippen LogP contribution in [0, 0.1) is 18.1 Å². The van der Waals surface area contributed by atoms with Crippen molar-refractivity contribution in [1.29, 1.82) is 0 Å². The van der Waals surface area contributed by atoms with Crippen molar-refractivity contribution >= 4 is 12.6 Å². The molecule has 0 aliphatic carbocycles. The van der Waals surface area contributed by atoms with E-state index in [1.165, 1.54) is 0 Å². The van der Waals surface area contributed by atoms with Gasteiger partial charge in [0, 0.05) is 5.56 Å². The molecule has 2 heteroatoms. The second-order valence-corrected chi connectivity index (χ2v) is 2.70. The molecule has 0 heterocycles. The van der Waals surface area contributed by atoms with E-state index in [4.69, 9.17) is 4.74 Å². The molecule has 0 aliphatic rings. The van der Waals surface area contributed by atoms with Crippen molar-refractivity contribution in [1.82, 2.24) is 0 Å². The lowest BCUT2D eigenvalue weighted by Crippen LogP contribution is -1.85. The summed E-state index contributed by atoms with van der Waals surface area (Å²) in [5.74, 6) is 3.69. The zero-order chi connectivity index (χ0) is 8.97. The Morgan fingerprint density at radius 1 is 1.33 bits per heavy atom. The predicted octanol–water partition coefficient (Wildman–Crippen LogP) is 2.24.